The van der Waals surface area contributed by atoms with Crippen LogP contribution in [0.5, 0.6) is 0 Å². The summed E-state index contributed by atoms with van der Waals surface area (Å²) in [6.45, 7) is 2.17. The summed E-state index contributed by atoms with van der Waals surface area (Å²) in [6.07, 6.45) is 6.53. The second-order valence-corrected chi connectivity index (χ2v) is 4.70. The number of nitrogens with two attached hydrogens (primary N) is 1. The fourth-order valence-electron chi connectivity index (χ4n) is 1.94. The topological polar surface area (TPSA) is 74.7 Å². The van der Waals surface area contributed by atoms with Crippen LogP contribution in [0, 0.1) is 17.2 Å². The van der Waals surface area contributed by atoms with Crippen LogP contribution in [-0.4, -0.2) is 11.0 Å². The number of nitriles is 1. The molecule has 4 nitrogen and oxygen atoms in total. The Hall–Kier alpha value is -1.76. The maximum Gasteiger partial charge on any atom is 0.149 e. The number of hydrogen-bond donors (Lipinski definition) is 2. The van der Waals surface area contributed by atoms with Crippen molar-refractivity contribution >= 4 is 11.5 Å². The molecule has 2 rings (SSSR count). The summed E-state index contributed by atoms with van der Waals surface area (Å²) in [4.78, 5) is 4.21. The first-order chi connectivity index (χ1) is 8.22. The molecular formula is C13H18N4. The molecule has 1 atom stereocenters. The van der Waals surface area contributed by atoms with Crippen molar-refractivity contribution in [3.05, 3.63) is 17.8 Å². The van der Waals surface area contributed by atoms with Crippen molar-refractivity contribution < 1.29 is 0 Å². The molecule has 1 aromatic rings. The lowest BCUT2D eigenvalue weighted by Crippen LogP contribution is -2.20. The van der Waals surface area contributed by atoms with Crippen LogP contribution in [0.3, 0.4) is 0 Å². The van der Waals surface area contributed by atoms with Crippen LogP contribution in [0.4, 0.5) is 11.5 Å². The Morgan fingerprint density at radius 3 is 2.94 bits per heavy atom. The molecule has 0 spiro atoms. The Morgan fingerprint density at radius 2 is 2.41 bits per heavy atom. The molecule has 1 aliphatic carbocycles. The molecule has 0 saturated heterocycles. The lowest BCUT2D eigenvalue weighted by atomic mass is 10.1. The summed E-state index contributed by atoms with van der Waals surface area (Å²) in [7, 11) is 0. The van der Waals surface area contributed by atoms with Crippen LogP contribution < -0.4 is 11.1 Å². The van der Waals surface area contributed by atoms with Crippen molar-refractivity contribution in [3.63, 3.8) is 0 Å². The van der Waals surface area contributed by atoms with Gasteiger partial charge in [-0.05, 0) is 24.8 Å². The van der Waals surface area contributed by atoms with E-state index >= 15 is 0 Å². The van der Waals surface area contributed by atoms with Crippen LogP contribution in [0.1, 0.15) is 38.2 Å². The summed E-state index contributed by atoms with van der Waals surface area (Å²) < 4.78 is 0. The van der Waals surface area contributed by atoms with Crippen LogP contribution in [0.2, 0.25) is 0 Å². The fraction of sp³-hybridized carbons (Fsp3) is 0.538. The number of anilines is 2. The molecule has 0 bridgehead atoms. The number of nitrogens with zero attached hydrogens (tertiary/aromatic N) is 2. The number of rotatable bonds is 5. The van der Waals surface area contributed by atoms with Gasteiger partial charge in [0.05, 0.1) is 11.3 Å². The maximum atomic E-state index is 8.74. The van der Waals surface area contributed by atoms with E-state index in [9.17, 15) is 0 Å². The molecule has 90 valence electrons. The molecule has 0 radical (unpaired) electrons. The Labute approximate surface area is 102 Å². The molecule has 4 heteroatoms. The molecule has 0 amide bonds. The predicted octanol–water partition coefficient (Wildman–Crippen LogP) is 2.53. The van der Waals surface area contributed by atoms with Crippen LogP contribution in [0.25, 0.3) is 0 Å². The van der Waals surface area contributed by atoms with Crippen LogP contribution in [0.15, 0.2) is 12.3 Å². The molecule has 3 N–H and O–H groups in total. The lowest BCUT2D eigenvalue weighted by Gasteiger charge is -2.18. The highest BCUT2D eigenvalue weighted by molar-refractivity contribution is 5.63. The summed E-state index contributed by atoms with van der Waals surface area (Å²) >= 11 is 0. The van der Waals surface area contributed by atoms with E-state index in [1.165, 1.54) is 19.3 Å². The second-order valence-electron chi connectivity index (χ2n) is 4.70. The van der Waals surface area contributed by atoms with Crippen molar-refractivity contribution in [2.24, 2.45) is 5.92 Å². The summed E-state index contributed by atoms with van der Waals surface area (Å²) in [5.74, 6) is 1.59. The SMILES string of the molecule is CCC(CC1CC1)Nc1ncc(C#N)cc1N. The Balaban J connectivity index is 2.03. The standard InChI is InChI=1S/C13H18N4/c1-2-11(5-9-3-4-9)17-13-12(15)6-10(7-14)8-16-13/h6,8-9,11H,2-5,15H2,1H3,(H,16,17). The van der Waals surface area contributed by atoms with Crippen molar-refractivity contribution in [2.75, 3.05) is 11.1 Å². The van der Waals surface area contributed by atoms with Gasteiger partial charge in [-0.1, -0.05) is 19.8 Å². The molecule has 1 fully saturated rings. The van der Waals surface area contributed by atoms with Crippen molar-refractivity contribution in [1.29, 1.82) is 5.26 Å². The van der Waals surface area contributed by atoms with Crippen LogP contribution in [-0.2, 0) is 0 Å². The van der Waals surface area contributed by atoms with Gasteiger partial charge in [-0.15, -0.1) is 0 Å². The summed E-state index contributed by atoms with van der Waals surface area (Å²) in [5, 5.41) is 12.1. The molecular weight excluding hydrogens is 212 g/mol. The third kappa shape index (κ3) is 3.10. The molecule has 1 saturated carbocycles. The lowest BCUT2D eigenvalue weighted by molar-refractivity contribution is 0.585. The van der Waals surface area contributed by atoms with E-state index in [1.54, 1.807) is 12.3 Å². The summed E-state index contributed by atoms with van der Waals surface area (Å²) in [5.41, 5.74) is 6.93. The normalized spacial score (nSPS) is 16.2. The first-order valence-corrected chi connectivity index (χ1v) is 6.15. The molecule has 1 aromatic heterocycles. The monoisotopic (exact) mass is 230 g/mol. The van der Waals surface area contributed by atoms with E-state index in [0.717, 1.165) is 12.3 Å². The zero-order chi connectivity index (χ0) is 12.3. The number of hydrogen-bond acceptors (Lipinski definition) is 4. The zero-order valence-corrected chi connectivity index (χ0v) is 10.1. The van der Waals surface area contributed by atoms with E-state index in [-0.39, 0.29) is 0 Å². The molecule has 1 aliphatic rings. The van der Waals surface area contributed by atoms with Gasteiger partial charge in [0.2, 0.25) is 0 Å². The smallest absolute Gasteiger partial charge is 0.149 e. The van der Waals surface area contributed by atoms with Crippen molar-refractivity contribution in [3.8, 4) is 6.07 Å². The largest absolute Gasteiger partial charge is 0.396 e. The zero-order valence-electron chi connectivity index (χ0n) is 10.1. The average Bonchev–Trinajstić information content (AvgIpc) is 3.14. The highest BCUT2D eigenvalue weighted by Crippen LogP contribution is 2.35. The van der Waals surface area contributed by atoms with E-state index < -0.39 is 0 Å². The summed E-state index contributed by atoms with van der Waals surface area (Å²) in [6, 6.07) is 4.14. The molecule has 0 aliphatic heterocycles. The van der Waals surface area contributed by atoms with E-state index in [0.29, 0.717) is 23.1 Å². The van der Waals surface area contributed by atoms with Gasteiger partial charge in [-0.25, -0.2) is 4.98 Å². The number of pyridine rings is 1. The third-order valence-electron chi connectivity index (χ3n) is 3.19. The Kier molecular flexibility index (Phi) is 3.48. The molecule has 0 aromatic carbocycles. The van der Waals surface area contributed by atoms with Crippen molar-refractivity contribution in [2.45, 2.75) is 38.6 Å². The minimum absolute atomic E-state index is 0.435. The van der Waals surface area contributed by atoms with Gasteiger partial charge in [0.25, 0.3) is 0 Å². The molecule has 17 heavy (non-hydrogen) atoms. The Bertz CT molecular complexity index is 432. The van der Waals surface area contributed by atoms with Gasteiger partial charge in [0.1, 0.15) is 11.9 Å². The third-order valence-corrected chi connectivity index (χ3v) is 3.19. The molecule has 1 unspecified atom stereocenters. The first kappa shape index (κ1) is 11.7. The number of nitrogens with one attached hydrogen (secondary N) is 1. The number of aromatic nitrogens is 1. The van der Waals surface area contributed by atoms with Gasteiger partial charge >= 0.3 is 0 Å². The fourth-order valence-corrected chi connectivity index (χ4v) is 1.94. The predicted molar refractivity (Wildman–Crippen MR) is 68.4 cm³/mol. The van der Waals surface area contributed by atoms with Gasteiger partial charge < -0.3 is 11.1 Å². The maximum absolute atomic E-state index is 8.74. The van der Waals surface area contributed by atoms with Gasteiger partial charge in [0, 0.05) is 12.2 Å². The van der Waals surface area contributed by atoms with Gasteiger partial charge in [-0.2, -0.15) is 5.26 Å². The number of nitrogen functional groups attached to an aromatic ring is 1. The Morgan fingerprint density at radius 1 is 1.65 bits per heavy atom. The highest BCUT2D eigenvalue weighted by atomic mass is 15.0. The minimum Gasteiger partial charge on any atom is -0.396 e. The van der Waals surface area contributed by atoms with E-state index in [4.69, 9.17) is 11.0 Å². The second kappa shape index (κ2) is 5.05. The molecule has 1 heterocycles. The highest BCUT2D eigenvalue weighted by Gasteiger charge is 2.25. The van der Waals surface area contributed by atoms with Crippen LogP contribution >= 0.6 is 0 Å². The first-order valence-electron chi connectivity index (χ1n) is 6.15. The van der Waals surface area contributed by atoms with Crippen molar-refractivity contribution in [1.82, 2.24) is 4.98 Å². The van der Waals surface area contributed by atoms with Gasteiger partial charge in [0.15, 0.2) is 0 Å². The minimum atomic E-state index is 0.435. The van der Waals surface area contributed by atoms with Gasteiger partial charge in [-0.3, -0.25) is 0 Å². The average molecular weight is 230 g/mol. The van der Waals surface area contributed by atoms with E-state index in [1.807, 2.05) is 6.07 Å². The van der Waals surface area contributed by atoms with E-state index in [2.05, 4.69) is 17.2 Å². The quantitative estimate of drug-likeness (QED) is 0.815.